The zero-order valence-electron chi connectivity index (χ0n) is 13.9. The number of carbonyl (C=O) groups is 2. The van der Waals surface area contributed by atoms with E-state index >= 15 is 0 Å². The number of aromatic nitrogens is 1. The van der Waals surface area contributed by atoms with Crippen LogP contribution in [-0.2, 0) is 11.2 Å². The van der Waals surface area contributed by atoms with Crippen LogP contribution in [0.5, 0.6) is 0 Å². The number of fused-ring (bicyclic) bond motifs is 2. The Labute approximate surface area is 148 Å². The van der Waals surface area contributed by atoms with Gasteiger partial charge in [0.2, 0.25) is 5.78 Å². The Balaban J connectivity index is 1.75. The van der Waals surface area contributed by atoms with Crippen molar-refractivity contribution in [3.63, 3.8) is 0 Å². The summed E-state index contributed by atoms with van der Waals surface area (Å²) in [5, 5.41) is 35.1. The minimum atomic E-state index is -1.32. The topological polar surface area (TPSA) is 126 Å². The second-order valence-corrected chi connectivity index (χ2v) is 8.05. The Morgan fingerprint density at radius 2 is 2.04 bits per heavy atom. The number of aliphatic hydroxyl groups excluding tert-OH is 3. The van der Waals surface area contributed by atoms with E-state index in [1.807, 2.05) is 11.1 Å². The van der Waals surface area contributed by atoms with Crippen LogP contribution in [0.3, 0.4) is 0 Å². The number of hydrogen-bond acceptors (Lipinski definition) is 7. The molecule has 1 spiro atoms. The number of aliphatic hydroxyl groups is 3. The molecule has 2 bridgehead atoms. The maximum absolute atomic E-state index is 13.1. The minimum absolute atomic E-state index is 0.0156. The number of rotatable bonds is 0. The molecule has 0 amide bonds. The van der Waals surface area contributed by atoms with Crippen molar-refractivity contribution in [2.45, 2.75) is 49.8 Å². The Morgan fingerprint density at radius 3 is 2.85 bits per heavy atom. The Bertz CT molecular complexity index is 920. The lowest BCUT2D eigenvalue weighted by atomic mass is 9.53. The maximum atomic E-state index is 13.1. The van der Waals surface area contributed by atoms with Crippen LogP contribution in [0.25, 0.3) is 5.70 Å². The SMILES string of the molecule is O=C1c2[nH]cc3c2C2=C4C1NC(O)CC41C(=O)CC(O)C(C1O)N2CC3. The van der Waals surface area contributed by atoms with Crippen LogP contribution in [0, 0.1) is 5.41 Å². The second-order valence-electron chi connectivity index (χ2n) is 8.05. The van der Waals surface area contributed by atoms with Gasteiger partial charge in [-0.3, -0.25) is 14.9 Å². The summed E-state index contributed by atoms with van der Waals surface area (Å²) in [6.45, 7) is 0.607. The predicted octanol–water partition coefficient (Wildman–Crippen LogP) is -1.48. The van der Waals surface area contributed by atoms with Crippen LogP contribution in [0.15, 0.2) is 11.8 Å². The largest absolute Gasteiger partial charge is 0.390 e. The van der Waals surface area contributed by atoms with Crippen molar-refractivity contribution < 1.29 is 24.9 Å². The number of nitrogens with zero attached hydrogens (tertiary/aromatic N) is 1. The van der Waals surface area contributed by atoms with Crippen LogP contribution >= 0.6 is 0 Å². The maximum Gasteiger partial charge on any atom is 0.200 e. The zero-order chi connectivity index (χ0) is 18.0. The van der Waals surface area contributed by atoms with E-state index in [1.54, 1.807) is 0 Å². The van der Waals surface area contributed by atoms with Gasteiger partial charge in [0.25, 0.3) is 0 Å². The number of Topliss-reactive ketones (excluding diaryl/α,β-unsaturated/α-hetero) is 2. The molecule has 5 aliphatic rings. The fraction of sp³-hybridized carbons (Fsp3) is 0.556. The van der Waals surface area contributed by atoms with Gasteiger partial charge >= 0.3 is 0 Å². The number of hydrogen-bond donors (Lipinski definition) is 5. The molecule has 3 aliphatic heterocycles. The van der Waals surface area contributed by atoms with Gasteiger partial charge in [-0.2, -0.15) is 0 Å². The fourth-order valence-corrected chi connectivity index (χ4v) is 6.00. The van der Waals surface area contributed by atoms with E-state index in [9.17, 15) is 24.9 Å². The molecule has 8 nitrogen and oxygen atoms in total. The fourth-order valence-electron chi connectivity index (χ4n) is 6.00. The summed E-state index contributed by atoms with van der Waals surface area (Å²) in [5.74, 6) is -0.505. The van der Waals surface area contributed by atoms with Crippen molar-refractivity contribution in [2.24, 2.45) is 5.41 Å². The highest BCUT2D eigenvalue weighted by atomic mass is 16.3. The van der Waals surface area contributed by atoms with Gasteiger partial charge in [0, 0.05) is 36.8 Å². The summed E-state index contributed by atoms with van der Waals surface area (Å²) in [7, 11) is 0. The lowest BCUT2D eigenvalue weighted by Crippen LogP contribution is -2.74. The third-order valence-electron chi connectivity index (χ3n) is 6.99. The highest BCUT2D eigenvalue weighted by Crippen LogP contribution is 2.58. The smallest absolute Gasteiger partial charge is 0.200 e. The lowest BCUT2D eigenvalue weighted by molar-refractivity contribution is -0.164. The van der Waals surface area contributed by atoms with Crippen molar-refractivity contribution in [3.05, 3.63) is 28.6 Å². The molecule has 8 heteroatoms. The first-order valence-electron chi connectivity index (χ1n) is 9.05. The monoisotopic (exact) mass is 357 g/mol. The van der Waals surface area contributed by atoms with Crippen LogP contribution in [0.1, 0.15) is 34.5 Å². The van der Waals surface area contributed by atoms with E-state index in [0.29, 0.717) is 24.2 Å². The lowest BCUT2D eigenvalue weighted by Gasteiger charge is -2.61. The van der Waals surface area contributed by atoms with E-state index in [1.165, 1.54) is 0 Å². The van der Waals surface area contributed by atoms with Gasteiger partial charge in [0.15, 0.2) is 0 Å². The molecule has 6 atom stereocenters. The summed E-state index contributed by atoms with van der Waals surface area (Å²) in [5.41, 5.74) is 2.35. The molecule has 2 aliphatic carbocycles. The number of H-pyrrole nitrogens is 1. The Kier molecular flexibility index (Phi) is 2.59. The first-order valence-corrected chi connectivity index (χ1v) is 9.05. The van der Waals surface area contributed by atoms with E-state index < -0.39 is 35.9 Å². The minimum Gasteiger partial charge on any atom is -0.390 e. The quantitative estimate of drug-likeness (QED) is 0.383. The first-order chi connectivity index (χ1) is 12.4. The standard InChI is InChI=1S/C18H19N3O5/c22-7-3-8(23)18-4-9(24)20-13-11(18)15-10-6(5-19-12(10)16(13)25)1-2-21(15)14(7)17(18)26/h5,7,9,13-14,17,19-20,22,24,26H,1-4H2. The molecule has 0 aromatic carbocycles. The third-order valence-corrected chi connectivity index (χ3v) is 6.99. The van der Waals surface area contributed by atoms with Gasteiger partial charge in [-0.25, -0.2) is 0 Å². The molecule has 2 fully saturated rings. The van der Waals surface area contributed by atoms with Crippen molar-refractivity contribution in [1.29, 1.82) is 0 Å². The third kappa shape index (κ3) is 1.41. The summed E-state index contributed by atoms with van der Waals surface area (Å²) in [6, 6.07) is -1.45. The van der Waals surface area contributed by atoms with Crippen molar-refractivity contribution in [2.75, 3.05) is 6.54 Å². The van der Waals surface area contributed by atoms with E-state index in [0.717, 1.165) is 16.8 Å². The van der Waals surface area contributed by atoms with Crippen molar-refractivity contribution in [3.8, 4) is 0 Å². The van der Waals surface area contributed by atoms with E-state index in [-0.39, 0.29) is 24.4 Å². The molecule has 1 saturated heterocycles. The number of piperidine rings is 1. The molecule has 5 N–H and O–H groups in total. The summed E-state index contributed by atoms with van der Waals surface area (Å²) < 4.78 is 0. The first kappa shape index (κ1) is 15.1. The van der Waals surface area contributed by atoms with Gasteiger partial charge in [-0.05, 0) is 17.6 Å². The molecule has 4 heterocycles. The molecule has 1 saturated carbocycles. The highest BCUT2D eigenvalue weighted by Gasteiger charge is 2.67. The van der Waals surface area contributed by atoms with Crippen LogP contribution in [0.2, 0.25) is 0 Å². The van der Waals surface area contributed by atoms with Crippen molar-refractivity contribution >= 4 is 17.3 Å². The van der Waals surface area contributed by atoms with E-state index in [2.05, 4.69) is 10.3 Å². The summed E-state index contributed by atoms with van der Waals surface area (Å²) in [4.78, 5) is 31.2. The normalized spacial score (nSPS) is 42.9. The Hall–Kier alpha value is -2.00. The van der Waals surface area contributed by atoms with Gasteiger partial charge < -0.3 is 25.2 Å². The summed E-state index contributed by atoms with van der Waals surface area (Å²) in [6.07, 6.45) is -0.720. The number of nitrogens with one attached hydrogen (secondary N) is 2. The average Bonchev–Trinajstić information content (AvgIpc) is 3.03. The number of aromatic amines is 1. The molecule has 0 radical (unpaired) electrons. The molecule has 1 aromatic heterocycles. The van der Waals surface area contributed by atoms with Gasteiger partial charge in [0.1, 0.15) is 12.0 Å². The Morgan fingerprint density at radius 1 is 1.23 bits per heavy atom. The number of ketones is 2. The molecular formula is C18H19N3O5. The molecule has 6 unspecified atom stereocenters. The second kappa shape index (κ2) is 4.45. The predicted molar refractivity (Wildman–Crippen MR) is 87.9 cm³/mol. The van der Waals surface area contributed by atoms with Crippen molar-refractivity contribution in [1.82, 2.24) is 15.2 Å². The van der Waals surface area contributed by atoms with Gasteiger partial charge in [-0.1, -0.05) is 0 Å². The number of carbonyl (C=O) groups excluding carboxylic acids is 2. The molecule has 136 valence electrons. The summed E-state index contributed by atoms with van der Waals surface area (Å²) >= 11 is 0. The van der Waals surface area contributed by atoms with Gasteiger partial charge in [0.05, 0.1) is 35.4 Å². The molecule has 6 rings (SSSR count). The van der Waals surface area contributed by atoms with Gasteiger partial charge in [-0.15, -0.1) is 0 Å². The highest BCUT2D eigenvalue weighted by molar-refractivity contribution is 6.12. The average molecular weight is 357 g/mol. The molecule has 1 aromatic rings. The zero-order valence-corrected chi connectivity index (χ0v) is 13.9. The van der Waals surface area contributed by atoms with Crippen LogP contribution in [-0.4, -0.2) is 73.8 Å². The molecular weight excluding hydrogens is 338 g/mol. The van der Waals surface area contributed by atoms with Crippen LogP contribution in [0.4, 0.5) is 0 Å². The van der Waals surface area contributed by atoms with E-state index in [4.69, 9.17) is 0 Å². The van der Waals surface area contributed by atoms with Crippen LogP contribution < -0.4 is 5.32 Å². The molecule has 26 heavy (non-hydrogen) atoms.